The molecule has 0 amide bonds. The Hall–Kier alpha value is -3.86. The Kier molecular flexibility index (Phi) is 9.84. The zero-order valence-electron chi connectivity index (χ0n) is 26.5. The van der Waals surface area contributed by atoms with Crippen molar-refractivity contribution < 1.29 is 0 Å². The van der Waals surface area contributed by atoms with Crippen LogP contribution in [-0.2, 0) is 0 Å². The average Bonchev–Trinajstić information content (AvgIpc) is 3.58. The van der Waals surface area contributed by atoms with Gasteiger partial charge in [-0.3, -0.25) is 4.44 Å². The maximum absolute atomic E-state index is 3.02. The minimum absolute atomic E-state index is 0.535. The van der Waals surface area contributed by atoms with Gasteiger partial charge >= 0.3 is 0 Å². The molecule has 1 heterocycles. The van der Waals surface area contributed by atoms with E-state index in [0.29, 0.717) is 11.3 Å². The van der Waals surface area contributed by atoms with Crippen molar-refractivity contribution in [3.05, 3.63) is 181 Å². The molecule has 1 nitrogen and oxygen atoms in total. The second-order valence-corrected chi connectivity index (χ2v) is 17.0. The fourth-order valence-corrected chi connectivity index (χ4v) is 14.6. The van der Waals surface area contributed by atoms with Crippen molar-refractivity contribution in [3.63, 3.8) is 0 Å². The third kappa shape index (κ3) is 6.65. The van der Waals surface area contributed by atoms with Crippen molar-refractivity contribution in [1.29, 1.82) is 0 Å². The topological polar surface area (TPSA) is 3.24 Å². The lowest BCUT2D eigenvalue weighted by Gasteiger charge is -2.42. The fourth-order valence-electron chi connectivity index (χ4n) is 6.94. The predicted molar refractivity (Wildman–Crippen MR) is 201 cm³/mol. The molecule has 6 aromatic rings. The Bertz CT molecular complexity index is 1690. The van der Waals surface area contributed by atoms with Gasteiger partial charge in [0, 0.05) is 25.9 Å². The number of hydrogen-bond acceptors (Lipinski definition) is 1. The molecule has 0 unspecified atom stereocenters. The smallest absolute Gasteiger partial charge is 0.0319 e. The van der Waals surface area contributed by atoms with Crippen LogP contribution in [0.1, 0.15) is 48.6 Å². The van der Waals surface area contributed by atoms with E-state index in [9.17, 15) is 0 Å². The van der Waals surface area contributed by atoms with Gasteiger partial charge in [0.25, 0.3) is 0 Å². The lowest BCUT2D eigenvalue weighted by molar-refractivity contribution is 0.670. The molecular formula is C43H41NP2. The van der Waals surface area contributed by atoms with Gasteiger partial charge in [-0.25, -0.2) is 0 Å². The Morgan fingerprint density at radius 3 is 1.30 bits per heavy atom. The zero-order valence-corrected chi connectivity index (χ0v) is 28.3. The molecule has 1 fully saturated rings. The van der Waals surface area contributed by atoms with Gasteiger partial charge in [0.15, 0.2) is 0 Å². The number of rotatable bonds is 10. The Balaban J connectivity index is 1.42. The Morgan fingerprint density at radius 2 is 0.891 bits per heavy atom. The molecular weight excluding hydrogens is 592 g/mol. The van der Waals surface area contributed by atoms with Crippen LogP contribution in [0.25, 0.3) is 22.3 Å². The van der Waals surface area contributed by atoms with Gasteiger partial charge in [0.2, 0.25) is 0 Å². The van der Waals surface area contributed by atoms with Crippen LogP contribution in [0.15, 0.2) is 170 Å². The van der Waals surface area contributed by atoms with Crippen LogP contribution in [0, 0.1) is 0 Å². The Labute approximate surface area is 277 Å². The summed E-state index contributed by atoms with van der Waals surface area (Å²) in [7, 11) is -1.36. The van der Waals surface area contributed by atoms with E-state index in [-0.39, 0.29) is 0 Å². The van der Waals surface area contributed by atoms with Crippen molar-refractivity contribution in [3.8, 4) is 22.3 Å². The summed E-state index contributed by atoms with van der Waals surface area (Å²) in [5.41, 5.74) is 9.20. The highest BCUT2D eigenvalue weighted by Crippen LogP contribution is 2.76. The van der Waals surface area contributed by atoms with Crippen LogP contribution in [0.4, 0.5) is 0 Å². The van der Waals surface area contributed by atoms with Crippen LogP contribution < -0.4 is 10.6 Å². The fraction of sp³-hybridized carbons (Fsp3) is 0.163. The van der Waals surface area contributed by atoms with Crippen molar-refractivity contribution in [1.82, 2.24) is 4.44 Å². The average molecular weight is 634 g/mol. The van der Waals surface area contributed by atoms with Gasteiger partial charge in [0.1, 0.15) is 0 Å². The molecule has 0 spiro atoms. The summed E-state index contributed by atoms with van der Waals surface area (Å²) in [6.45, 7) is 3.44. The second-order valence-electron chi connectivity index (χ2n) is 12.1. The molecule has 228 valence electrons. The first kappa shape index (κ1) is 30.8. The van der Waals surface area contributed by atoms with Gasteiger partial charge < -0.3 is 0 Å². The summed E-state index contributed by atoms with van der Waals surface area (Å²) in [6.07, 6.45) is 3.58. The van der Waals surface area contributed by atoms with Crippen LogP contribution in [0.2, 0.25) is 0 Å². The lowest BCUT2D eigenvalue weighted by Crippen LogP contribution is -2.28. The molecule has 0 bridgehead atoms. The highest BCUT2D eigenvalue weighted by atomic mass is 31.2. The quantitative estimate of drug-likeness (QED) is 0.136. The minimum atomic E-state index is -0.816. The Morgan fingerprint density at radius 1 is 0.500 bits per heavy atom. The molecule has 0 aliphatic carbocycles. The number of nitrogens with zero attached hydrogens (tertiary/aromatic N) is 1. The summed E-state index contributed by atoms with van der Waals surface area (Å²) >= 11 is 0. The molecule has 1 saturated heterocycles. The summed E-state index contributed by atoms with van der Waals surface area (Å²) in [6, 6.07) is 63.4. The molecule has 46 heavy (non-hydrogen) atoms. The molecule has 0 saturated carbocycles. The third-order valence-electron chi connectivity index (χ3n) is 9.04. The van der Waals surface area contributed by atoms with Gasteiger partial charge in [-0.05, 0) is 83.5 Å². The van der Waals surface area contributed by atoms with E-state index in [1.807, 2.05) is 0 Å². The largest absolute Gasteiger partial charge is 0.251 e. The van der Waals surface area contributed by atoms with E-state index in [1.165, 1.54) is 56.8 Å². The third-order valence-corrected chi connectivity index (χ3v) is 15.5. The van der Waals surface area contributed by atoms with Crippen LogP contribution >= 0.6 is 16.1 Å². The molecule has 2 atom stereocenters. The summed E-state index contributed by atoms with van der Waals surface area (Å²) in [5.74, 6) is 0. The molecule has 0 radical (unpaired) electrons. The van der Waals surface area contributed by atoms with Gasteiger partial charge in [-0.15, -0.1) is 0 Å². The SMILES string of the molecule is CCCN(P(c1cccc(-c2ccccc2)c1)c1cccc(-c2ccccc2)c1)P1[C@H](c2ccccc2)CC[C@H]1c1ccccc1. The van der Waals surface area contributed by atoms with Crippen LogP contribution in [0.5, 0.6) is 0 Å². The number of hydrogen-bond donors (Lipinski definition) is 0. The monoisotopic (exact) mass is 633 g/mol. The predicted octanol–water partition coefficient (Wildman–Crippen LogP) is 11.8. The lowest BCUT2D eigenvalue weighted by atomic mass is 10.0. The highest BCUT2D eigenvalue weighted by Gasteiger charge is 2.44. The van der Waals surface area contributed by atoms with E-state index >= 15 is 0 Å². The van der Waals surface area contributed by atoms with E-state index in [2.05, 4.69) is 181 Å². The van der Waals surface area contributed by atoms with Gasteiger partial charge in [-0.2, -0.15) is 0 Å². The minimum Gasteiger partial charge on any atom is -0.251 e. The zero-order chi connectivity index (χ0) is 31.1. The normalized spacial score (nSPS) is 16.7. The molecule has 3 heteroatoms. The molecule has 1 aliphatic rings. The van der Waals surface area contributed by atoms with E-state index in [0.717, 1.165) is 13.0 Å². The molecule has 0 N–H and O–H groups in total. The van der Waals surface area contributed by atoms with E-state index < -0.39 is 16.1 Å². The molecule has 6 aromatic carbocycles. The first-order valence-electron chi connectivity index (χ1n) is 16.6. The van der Waals surface area contributed by atoms with Crippen molar-refractivity contribution >= 4 is 26.8 Å². The van der Waals surface area contributed by atoms with E-state index in [4.69, 9.17) is 0 Å². The maximum Gasteiger partial charge on any atom is 0.0319 e. The van der Waals surface area contributed by atoms with Gasteiger partial charge in [-0.1, -0.05) is 165 Å². The van der Waals surface area contributed by atoms with Crippen LogP contribution in [-0.4, -0.2) is 11.0 Å². The van der Waals surface area contributed by atoms with Crippen molar-refractivity contribution in [2.75, 3.05) is 6.54 Å². The van der Waals surface area contributed by atoms with E-state index in [1.54, 1.807) is 0 Å². The first-order chi connectivity index (χ1) is 22.8. The molecule has 7 rings (SSSR count). The van der Waals surface area contributed by atoms with Gasteiger partial charge in [0.05, 0.1) is 0 Å². The van der Waals surface area contributed by atoms with Crippen molar-refractivity contribution in [2.24, 2.45) is 0 Å². The number of benzene rings is 6. The summed E-state index contributed by atoms with van der Waals surface area (Å²) in [4.78, 5) is 0. The second kappa shape index (κ2) is 14.7. The molecule has 1 aliphatic heterocycles. The molecule has 0 aromatic heterocycles. The first-order valence-corrected chi connectivity index (χ1v) is 19.3. The van der Waals surface area contributed by atoms with Crippen LogP contribution in [0.3, 0.4) is 0 Å². The highest BCUT2D eigenvalue weighted by molar-refractivity contribution is 7.79. The standard InChI is InChI=1S/C43H41NP2/c1-2-31-44(46-42(36-21-11-5-12-22-36)29-30-43(46)37-23-13-6-14-24-37)45(40-27-15-25-38(32-40)34-17-7-3-8-18-34)41-28-16-26-39(33-41)35-19-9-4-10-20-35/h3-28,32-33,42-43H,2,29-31H2,1H3/t42-,43-/m0/s1. The summed E-state index contributed by atoms with van der Waals surface area (Å²) < 4.78 is 3.02. The summed E-state index contributed by atoms with van der Waals surface area (Å²) in [5, 5.41) is 2.87. The maximum atomic E-state index is 3.02. The van der Waals surface area contributed by atoms with Crippen molar-refractivity contribution in [2.45, 2.75) is 37.5 Å².